The van der Waals surface area contributed by atoms with Crippen LogP contribution >= 0.6 is 0 Å². The summed E-state index contributed by atoms with van der Waals surface area (Å²) >= 11 is 0. The molecular weight excluding hydrogens is 378 g/mol. The maximum atomic E-state index is 12.4. The van der Waals surface area contributed by atoms with Gasteiger partial charge in [0.2, 0.25) is 21.8 Å². The quantitative estimate of drug-likeness (QED) is 0.589. The molecule has 1 aliphatic carbocycles. The van der Waals surface area contributed by atoms with Crippen molar-refractivity contribution < 1.29 is 18.0 Å². The van der Waals surface area contributed by atoms with Gasteiger partial charge in [0.05, 0.1) is 4.90 Å². The first-order chi connectivity index (χ1) is 13.3. The number of hydrogen-bond donors (Lipinski definition) is 3. The van der Waals surface area contributed by atoms with Crippen molar-refractivity contribution in [1.29, 1.82) is 0 Å². The summed E-state index contributed by atoms with van der Waals surface area (Å²) in [6.07, 6.45) is 1.83. The van der Waals surface area contributed by atoms with Crippen molar-refractivity contribution in [2.24, 2.45) is 5.92 Å². The lowest BCUT2D eigenvalue weighted by molar-refractivity contribution is -0.122. The van der Waals surface area contributed by atoms with Gasteiger partial charge in [-0.2, -0.15) is 0 Å². The number of amides is 2. The number of carbonyl (C=O) groups excluding carboxylic acids is 2. The lowest BCUT2D eigenvalue weighted by Crippen LogP contribution is -2.35. The van der Waals surface area contributed by atoms with Gasteiger partial charge in [-0.3, -0.25) is 9.59 Å². The largest absolute Gasteiger partial charge is 0.355 e. The van der Waals surface area contributed by atoms with Crippen molar-refractivity contribution in [2.75, 3.05) is 18.4 Å². The molecule has 0 bridgehead atoms. The molecule has 2 aromatic rings. The number of sulfonamides is 1. The fourth-order valence-corrected chi connectivity index (χ4v) is 3.75. The molecule has 0 saturated heterocycles. The maximum absolute atomic E-state index is 12.4. The van der Waals surface area contributed by atoms with E-state index in [-0.39, 0.29) is 35.7 Å². The molecule has 148 valence electrons. The number of nitrogens with one attached hydrogen (secondary N) is 3. The van der Waals surface area contributed by atoms with Crippen LogP contribution in [0.3, 0.4) is 0 Å². The number of benzene rings is 2. The Morgan fingerprint density at radius 3 is 2.04 bits per heavy atom. The van der Waals surface area contributed by atoms with Crippen LogP contribution in [0.4, 0.5) is 5.69 Å². The predicted octanol–water partition coefficient (Wildman–Crippen LogP) is 2.12. The Balaban J connectivity index is 1.57. The molecule has 0 radical (unpaired) electrons. The average molecular weight is 401 g/mol. The molecule has 2 amide bonds. The van der Waals surface area contributed by atoms with Gasteiger partial charge < -0.3 is 10.6 Å². The highest BCUT2D eigenvalue weighted by Gasteiger charge is 2.29. The Morgan fingerprint density at radius 2 is 1.50 bits per heavy atom. The molecule has 28 heavy (non-hydrogen) atoms. The summed E-state index contributed by atoms with van der Waals surface area (Å²) in [6, 6.07) is 13.8. The first-order valence-corrected chi connectivity index (χ1v) is 10.6. The van der Waals surface area contributed by atoms with Gasteiger partial charge in [-0.1, -0.05) is 24.3 Å². The second-order valence-electron chi connectivity index (χ2n) is 6.75. The van der Waals surface area contributed by atoms with E-state index in [0.717, 1.165) is 24.0 Å². The Morgan fingerprint density at radius 1 is 0.929 bits per heavy atom. The van der Waals surface area contributed by atoms with Crippen LogP contribution in [0.2, 0.25) is 0 Å². The minimum absolute atomic E-state index is 0.00641. The Kier molecular flexibility index (Phi) is 6.11. The van der Waals surface area contributed by atoms with Gasteiger partial charge in [0.25, 0.3) is 0 Å². The molecule has 0 aromatic heterocycles. The third-order valence-electron chi connectivity index (χ3n) is 4.37. The highest BCUT2D eigenvalue weighted by atomic mass is 32.2. The van der Waals surface area contributed by atoms with Gasteiger partial charge in [0.1, 0.15) is 0 Å². The summed E-state index contributed by atoms with van der Waals surface area (Å²) in [5.41, 5.74) is 2.48. The number of rotatable bonds is 8. The molecule has 1 saturated carbocycles. The van der Waals surface area contributed by atoms with Gasteiger partial charge in [-0.15, -0.1) is 0 Å². The summed E-state index contributed by atoms with van der Waals surface area (Å²) in [6.45, 7) is 1.86. The Labute approximate surface area is 164 Å². The smallest absolute Gasteiger partial charge is 0.240 e. The van der Waals surface area contributed by atoms with Gasteiger partial charge in [-0.25, -0.2) is 13.1 Å². The molecular formula is C20H23N3O4S. The van der Waals surface area contributed by atoms with Crippen LogP contribution in [0.1, 0.15) is 19.8 Å². The standard InChI is InChI=1S/C20H23N3O4S/c1-14(24)23-18-8-4-15(5-9-18)16-6-10-19(11-7-16)28(26,27)22-13-12-21-20(25)17-2-3-17/h4-11,17,22H,2-3,12-13H2,1H3,(H,21,25)(H,23,24). The lowest BCUT2D eigenvalue weighted by atomic mass is 10.1. The van der Waals surface area contributed by atoms with Crippen LogP contribution in [0.25, 0.3) is 11.1 Å². The zero-order chi connectivity index (χ0) is 20.1. The molecule has 0 unspecified atom stereocenters. The fourth-order valence-electron chi connectivity index (χ4n) is 2.72. The van der Waals surface area contributed by atoms with Gasteiger partial charge >= 0.3 is 0 Å². The first-order valence-electron chi connectivity index (χ1n) is 9.10. The van der Waals surface area contributed by atoms with Crippen molar-refractivity contribution in [3.8, 4) is 11.1 Å². The molecule has 3 N–H and O–H groups in total. The van der Waals surface area contributed by atoms with Crippen molar-refractivity contribution in [2.45, 2.75) is 24.7 Å². The number of carbonyl (C=O) groups is 2. The molecule has 1 aliphatic rings. The van der Waals surface area contributed by atoms with Crippen molar-refractivity contribution in [3.05, 3.63) is 48.5 Å². The maximum Gasteiger partial charge on any atom is 0.240 e. The second kappa shape index (κ2) is 8.53. The molecule has 7 nitrogen and oxygen atoms in total. The van der Waals surface area contributed by atoms with E-state index in [2.05, 4.69) is 15.4 Å². The van der Waals surface area contributed by atoms with Crippen LogP contribution in [0.15, 0.2) is 53.4 Å². The summed E-state index contributed by atoms with van der Waals surface area (Å²) in [5.74, 6) is -0.0357. The Hall–Kier alpha value is -2.71. The average Bonchev–Trinajstić information content (AvgIpc) is 3.51. The third kappa shape index (κ3) is 5.40. The Bertz CT molecular complexity index is 950. The van der Waals surface area contributed by atoms with E-state index >= 15 is 0 Å². The van der Waals surface area contributed by atoms with Crippen LogP contribution in [0.5, 0.6) is 0 Å². The van der Waals surface area contributed by atoms with E-state index < -0.39 is 10.0 Å². The van der Waals surface area contributed by atoms with E-state index in [0.29, 0.717) is 5.69 Å². The lowest BCUT2D eigenvalue weighted by Gasteiger charge is -2.09. The molecule has 1 fully saturated rings. The number of anilines is 1. The highest BCUT2D eigenvalue weighted by molar-refractivity contribution is 7.89. The van der Waals surface area contributed by atoms with Crippen LogP contribution < -0.4 is 15.4 Å². The summed E-state index contributed by atoms with van der Waals surface area (Å²) in [7, 11) is -3.63. The third-order valence-corrected chi connectivity index (χ3v) is 5.84. The van der Waals surface area contributed by atoms with E-state index in [1.54, 1.807) is 36.4 Å². The summed E-state index contributed by atoms with van der Waals surface area (Å²) in [5, 5.41) is 5.42. The van der Waals surface area contributed by atoms with E-state index in [1.165, 1.54) is 6.92 Å². The van der Waals surface area contributed by atoms with E-state index in [9.17, 15) is 18.0 Å². The van der Waals surface area contributed by atoms with E-state index in [4.69, 9.17) is 0 Å². The highest BCUT2D eigenvalue weighted by Crippen LogP contribution is 2.28. The number of hydrogen-bond acceptors (Lipinski definition) is 4. The summed E-state index contributed by atoms with van der Waals surface area (Å²) < 4.78 is 27.2. The molecule has 0 heterocycles. The topological polar surface area (TPSA) is 104 Å². The molecule has 0 spiro atoms. The monoisotopic (exact) mass is 401 g/mol. The van der Waals surface area contributed by atoms with Crippen molar-refractivity contribution in [3.63, 3.8) is 0 Å². The van der Waals surface area contributed by atoms with E-state index in [1.807, 2.05) is 12.1 Å². The van der Waals surface area contributed by atoms with Crippen LogP contribution in [-0.4, -0.2) is 33.3 Å². The SMILES string of the molecule is CC(=O)Nc1ccc(-c2ccc(S(=O)(=O)NCCNC(=O)C3CC3)cc2)cc1. The fraction of sp³-hybridized carbons (Fsp3) is 0.300. The summed E-state index contributed by atoms with van der Waals surface area (Å²) in [4.78, 5) is 22.8. The molecule has 2 aromatic carbocycles. The van der Waals surface area contributed by atoms with Gasteiger partial charge in [-0.05, 0) is 48.2 Å². The minimum Gasteiger partial charge on any atom is -0.355 e. The van der Waals surface area contributed by atoms with Crippen LogP contribution in [0, 0.1) is 5.92 Å². The zero-order valence-electron chi connectivity index (χ0n) is 15.6. The predicted molar refractivity (Wildman–Crippen MR) is 107 cm³/mol. The van der Waals surface area contributed by atoms with Crippen molar-refractivity contribution in [1.82, 2.24) is 10.0 Å². The van der Waals surface area contributed by atoms with Crippen LogP contribution in [-0.2, 0) is 19.6 Å². The molecule has 0 atom stereocenters. The normalized spacial score (nSPS) is 13.8. The molecule has 8 heteroatoms. The van der Waals surface area contributed by atoms with Gasteiger partial charge in [0, 0.05) is 31.6 Å². The minimum atomic E-state index is -3.63. The molecule has 3 rings (SSSR count). The van der Waals surface area contributed by atoms with Gasteiger partial charge in [0.15, 0.2) is 0 Å². The first kappa shape index (κ1) is 20.0. The molecule has 0 aliphatic heterocycles. The van der Waals surface area contributed by atoms with Crippen molar-refractivity contribution >= 4 is 27.5 Å². The second-order valence-corrected chi connectivity index (χ2v) is 8.51. The zero-order valence-corrected chi connectivity index (χ0v) is 16.4.